The van der Waals surface area contributed by atoms with Crippen LogP contribution in [-0.4, -0.2) is 40.7 Å². The van der Waals surface area contributed by atoms with E-state index in [0.717, 1.165) is 17.3 Å². The van der Waals surface area contributed by atoms with Crippen molar-refractivity contribution in [3.63, 3.8) is 0 Å². The van der Waals surface area contributed by atoms with Gasteiger partial charge in [-0.1, -0.05) is 12.1 Å². The number of rotatable bonds is 6. The molecule has 9 nitrogen and oxygen atoms in total. The lowest BCUT2D eigenvalue weighted by molar-refractivity contribution is -0.115. The molecular formula is C18H16N6O3S2. The lowest BCUT2D eigenvalue weighted by Crippen LogP contribution is -2.15. The summed E-state index contributed by atoms with van der Waals surface area (Å²) in [6.45, 7) is 0. The summed E-state index contributed by atoms with van der Waals surface area (Å²) in [7, 11) is -3.38. The highest BCUT2D eigenvalue weighted by Crippen LogP contribution is 2.28. The number of pyridine rings is 1. The molecule has 1 aromatic carbocycles. The second-order valence-corrected chi connectivity index (χ2v) is 8.92. The van der Waals surface area contributed by atoms with Gasteiger partial charge in [-0.05, 0) is 29.8 Å². The average Bonchev–Trinajstić information content (AvgIpc) is 3.27. The minimum absolute atomic E-state index is 0.0884. The first-order chi connectivity index (χ1) is 13.9. The van der Waals surface area contributed by atoms with Crippen LogP contribution in [0, 0.1) is 0 Å². The molecule has 0 bridgehead atoms. The maximum Gasteiger partial charge on any atom is 0.230 e. The molecule has 0 saturated carbocycles. The number of sulfonamides is 1. The van der Waals surface area contributed by atoms with Crippen molar-refractivity contribution in [1.29, 1.82) is 0 Å². The van der Waals surface area contributed by atoms with Crippen molar-refractivity contribution >= 4 is 49.1 Å². The Bertz CT molecular complexity index is 1300. The van der Waals surface area contributed by atoms with E-state index in [4.69, 9.17) is 0 Å². The molecule has 0 unspecified atom stereocenters. The standard InChI is InChI=1S/C18H16N6O3S2/c1-29(26,27)24-12-5-2-4-11(8-12)9-15(25)21-18-20-14(10-28-18)16-13-6-3-7-19-17(13)23-22-16/h2-8,10,24H,9H2,1H3,(H,19,22,23)(H,20,21,25). The fourth-order valence-corrected chi connectivity index (χ4v) is 4.07. The van der Waals surface area contributed by atoms with E-state index in [-0.39, 0.29) is 12.3 Å². The highest BCUT2D eigenvalue weighted by Gasteiger charge is 2.13. The highest BCUT2D eigenvalue weighted by atomic mass is 32.2. The molecule has 29 heavy (non-hydrogen) atoms. The van der Waals surface area contributed by atoms with Crippen molar-refractivity contribution < 1.29 is 13.2 Å². The van der Waals surface area contributed by atoms with Gasteiger partial charge in [0.25, 0.3) is 0 Å². The van der Waals surface area contributed by atoms with Gasteiger partial charge in [0.05, 0.1) is 18.4 Å². The van der Waals surface area contributed by atoms with Gasteiger partial charge in [0, 0.05) is 22.7 Å². The number of H-pyrrole nitrogens is 1. The number of fused-ring (bicyclic) bond motifs is 1. The maximum atomic E-state index is 12.4. The van der Waals surface area contributed by atoms with Crippen LogP contribution in [0.5, 0.6) is 0 Å². The Morgan fingerprint density at radius 2 is 2.10 bits per heavy atom. The first-order valence-corrected chi connectivity index (χ1v) is 11.3. The van der Waals surface area contributed by atoms with E-state index in [1.165, 1.54) is 11.3 Å². The Morgan fingerprint density at radius 3 is 2.93 bits per heavy atom. The van der Waals surface area contributed by atoms with Crippen molar-refractivity contribution in [2.45, 2.75) is 6.42 Å². The minimum atomic E-state index is -3.38. The molecule has 148 valence electrons. The van der Waals surface area contributed by atoms with Crippen molar-refractivity contribution in [1.82, 2.24) is 20.2 Å². The van der Waals surface area contributed by atoms with Gasteiger partial charge >= 0.3 is 0 Å². The average molecular weight is 428 g/mol. The molecule has 4 aromatic rings. The number of hydrogen-bond donors (Lipinski definition) is 3. The zero-order valence-corrected chi connectivity index (χ0v) is 16.8. The predicted molar refractivity (Wildman–Crippen MR) is 112 cm³/mol. The summed E-state index contributed by atoms with van der Waals surface area (Å²) in [5, 5.41) is 13.0. The highest BCUT2D eigenvalue weighted by molar-refractivity contribution is 7.92. The van der Waals surface area contributed by atoms with Gasteiger partial charge in [0.2, 0.25) is 15.9 Å². The molecule has 11 heteroatoms. The van der Waals surface area contributed by atoms with Gasteiger partial charge in [-0.15, -0.1) is 11.3 Å². The molecule has 4 rings (SSSR count). The largest absolute Gasteiger partial charge is 0.302 e. The van der Waals surface area contributed by atoms with Crippen LogP contribution in [0.15, 0.2) is 48.0 Å². The third-order valence-corrected chi connectivity index (χ3v) is 5.30. The normalized spacial score (nSPS) is 11.5. The van der Waals surface area contributed by atoms with E-state index >= 15 is 0 Å². The SMILES string of the molecule is CS(=O)(=O)Nc1cccc(CC(=O)Nc2nc(-c3[nH]nc4ncccc34)cs2)c1. The summed E-state index contributed by atoms with van der Waals surface area (Å²) in [5.74, 6) is -0.251. The number of carbonyl (C=O) groups excluding carboxylic acids is 1. The maximum absolute atomic E-state index is 12.4. The molecule has 0 atom stereocenters. The topological polar surface area (TPSA) is 130 Å². The number of nitrogens with zero attached hydrogens (tertiary/aromatic N) is 3. The molecule has 3 N–H and O–H groups in total. The van der Waals surface area contributed by atoms with Crippen LogP contribution in [0.2, 0.25) is 0 Å². The number of thiazole rings is 1. The molecule has 0 fully saturated rings. The Morgan fingerprint density at radius 1 is 1.24 bits per heavy atom. The Balaban J connectivity index is 1.45. The fraction of sp³-hybridized carbons (Fsp3) is 0.111. The Labute approximate surface area is 170 Å². The molecule has 0 saturated heterocycles. The third-order valence-electron chi connectivity index (χ3n) is 3.93. The molecule has 0 aliphatic rings. The van der Waals surface area contributed by atoms with Crippen molar-refractivity contribution in [3.05, 3.63) is 53.5 Å². The lowest BCUT2D eigenvalue weighted by atomic mass is 10.1. The molecule has 0 radical (unpaired) electrons. The molecule has 0 aliphatic heterocycles. The lowest BCUT2D eigenvalue weighted by Gasteiger charge is -2.06. The Kier molecular flexibility index (Phi) is 4.99. The number of aromatic amines is 1. The Hall–Kier alpha value is -3.31. The van der Waals surface area contributed by atoms with Gasteiger partial charge < -0.3 is 5.32 Å². The van der Waals surface area contributed by atoms with Gasteiger partial charge in [-0.2, -0.15) is 5.10 Å². The van der Waals surface area contributed by atoms with E-state index in [0.29, 0.717) is 27.7 Å². The molecule has 3 heterocycles. The fourth-order valence-electron chi connectivity index (χ4n) is 2.80. The number of carbonyl (C=O) groups is 1. The van der Waals surface area contributed by atoms with Crippen LogP contribution in [0.25, 0.3) is 22.4 Å². The van der Waals surface area contributed by atoms with Crippen LogP contribution < -0.4 is 10.0 Å². The van der Waals surface area contributed by atoms with Crippen molar-refractivity contribution in [2.75, 3.05) is 16.3 Å². The summed E-state index contributed by atoms with van der Waals surface area (Å²) in [6, 6.07) is 10.4. The monoisotopic (exact) mass is 428 g/mol. The second kappa shape index (κ2) is 7.60. The number of anilines is 2. The predicted octanol–water partition coefficient (Wildman–Crippen LogP) is 2.63. The zero-order valence-electron chi connectivity index (χ0n) is 15.2. The van der Waals surface area contributed by atoms with Crippen LogP contribution in [-0.2, 0) is 21.2 Å². The number of hydrogen-bond acceptors (Lipinski definition) is 7. The first kappa shape index (κ1) is 19.0. The van der Waals surface area contributed by atoms with E-state index in [1.807, 2.05) is 17.5 Å². The van der Waals surface area contributed by atoms with Gasteiger partial charge in [0.1, 0.15) is 5.69 Å². The summed E-state index contributed by atoms with van der Waals surface area (Å²) < 4.78 is 25.1. The van der Waals surface area contributed by atoms with Crippen molar-refractivity contribution in [2.24, 2.45) is 0 Å². The van der Waals surface area contributed by atoms with Crippen LogP contribution in [0.3, 0.4) is 0 Å². The van der Waals surface area contributed by atoms with Gasteiger partial charge in [0.15, 0.2) is 10.8 Å². The third kappa shape index (κ3) is 4.58. The quantitative estimate of drug-likeness (QED) is 0.433. The summed E-state index contributed by atoms with van der Waals surface area (Å²) >= 11 is 1.30. The number of nitrogens with one attached hydrogen (secondary N) is 3. The molecule has 1 amide bonds. The smallest absolute Gasteiger partial charge is 0.230 e. The number of benzene rings is 1. The van der Waals surface area contributed by atoms with E-state index < -0.39 is 10.0 Å². The van der Waals surface area contributed by atoms with Crippen LogP contribution in [0.1, 0.15) is 5.56 Å². The van der Waals surface area contributed by atoms with Crippen LogP contribution >= 0.6 is 11.3 Å². The first-order valence-electron chi connectivity index (χ1n) is 8.49. The number of aromatic nitrogens is 4. The minimum Gasteiger partial charge on any atom is -0.302 e. The van der Waals surface area contributed by atoms with Crippen LogP contribution in [0.4, 0.5) is 10.8 Å². The second-order valence-electron chi connectivity index (χ2n) is 6.31. The molecular weight excluding hydrogens is 412 g/mol. The van der Waals surface area contributed by atoms with Gasteiger partial charge in [-0.3, -0.25) is 14.6 Å². The summed E-state index contributed by atoms with van der Waals surface area (Å²) in [5.41, 5.74) is 3.10. The summed E-state index contributed by atoms with van der Waals surface area (Å²) in [4.78, 5) is 21.0. The molecule has 0 spiro atoms. The zero-order chi connectivity index (χ0) is 20.4. The van der Waals surface area contributed by atoms with Gasteiger partial charge in [-0.25, -0.2) is 18.4 Å². The van der Waals surface area contributed by atoms with E-state index in [9.17, 15) is 13.2 Å². The molecule has 3 aromatic heterocycles. The van der Waals surface area contributed by atoms with Crippen molar-refractivity contribution in [3.8, 4) is 11.4 Å². The molecule has 0 aliphatic carbocycles. The number of amides is 1. The van der Waals surface area contributed by atoms with E-state index in [1.54, 1.807) is 30.5 Å². The summed E-state index contributed by atoms with van der Waals surface area (Å²) in [6.07, 6.45) is 2.83. The van der Waals surface area contributed by atoms with E-state index in [2.05, 4.69) is 30.2 Å².